The lowest BCUT2D eigenvalue weighted by molar-refractivity contribution is -0.149. The molecule has 0 bridgehead atoms. The molecule has 1 aliphatic rings. The largest absolute Gasteiger partial charge is 0.466 e. The first-order valence-electron chi connectivity index (χ1n) is 10.3. The van der Waals surface area contributed by atoms with Gasteiger partial charge in [-0.05, 0) is 44.4 Å². The average Bonchev–Trinajstić information content (AvgIpc) is 2.75. The molecule has 164 valence electrons. The Labute approximate surface area is 177 Å². The molecule has 1 aromatic rings. The first-order valence-corrected chi connectivity index (χ1v) is 10.3. The van der Waals surface area contributed by atoms with Crippen molar-refractivity contribution >= 4 is 23.7 Å². The number of guanidine groups is 1. The Balaban J connectivity index is 1.94. The Morgan fingerprint density at radius 1 is 1.13 bits per heavy atom. The smallest absolute Gasteiger partial charge is 0.309 e. The summed E-state index contributed by atoms with van der Waals surface area (Å²) in [4.78, 5) is 41.5. The van der Waals surface area contributed by atoms with E-state index < -0.39 is 5.91 Å². The molecule has 0 spiro atoms. The third-order valence-electron chi connectivity index (χ3n) is 4.80. The summed E-state index contributed by atoms with van der Waals surface area (Å²) >= 11 is 0. The van der Waals surface area contributed by atoms with Crippen LogP contribution in [0, 0.1) is 5.92 Å². The summed E-state index contributed by atoms with van der Waals surface area (Å²) in [6.07, 6.45) is 1.50. The zero-order valence-electron chi connectivity index (χ0n) is 17.6. The van der Waals surface area contributed by atoms with E-state index in [1.54, 1.807) is 12.1 Å². The number of rotatable bonds is 8. The number of piperidine rings is 1. The zero-order chi connectivity index (χ0) is 21.9. The summed E-state index contributed by atoms with van der Waals surface area (Å²) < 4.78 is 5.13. The number of esters is 1. The Kier molecular flexibility index (Phi) is 9.11. The van der Waals surface area contributed by atoms with E-state index in [9.17, 15) is 14.4 Å². The van der Waals surface area contributed by atoms with Gasteiger partial charge in [0.15, 0.2) is 5.96 Å². The molecule has 1 aliphatic heterocycles. The number of carbonyl (C=O) groups is 3. The van der Waals surface area contributed by atoms with Gasteiger partial charge in [-0.1, -0.05) is 12.1 Å². The second-order valence-electron chi connectivity index (χ2n) is 7.03. The van der Waals surface area contributed by atoms with Crippen LogP contribution >= 0.6 is 0 Å². The van der Waals surface area contributed by atoms with E-state index in [0.29, 0.717) is 18.7 Å². The lowest BCUT2D eigenvalue weighted by Crippen LogP contribution is -2.46. The summed E-state index contributed by atoms with van der Waals surface area (Å²) in [6, 6.07) is 7.05. The monoisotopic (exact) mass is 417 g/mol. The average molecular weight is 418 g/mol. The molecule has 9 heteroatoms. The number of nitrogens with one attached hydrogen (secondary N) is 2. The predicted molar refractivity (Wildman–Crippen MR) is 114 cm³/mol. The van der Waals surface area contributed by atoms with Crippen molar-refractivity contribution in [3.8, 4) is 0 Å². The Morgan fingerprint density at radius 3 is 2.37 bits per heavy atom. The van der Waals surface area contributed by atoms with Gasteiger partial charge in [-0.25, -0.2) is 4.99 Å². The molecule has 0 aliphatic carbocycles. The number of primary amides is 1. The molecule has 4 N–H and O–H groups in total. The highest BCUT2D eigenvalue weighted by Crippen LogP contribution is 2.19. The number of hydrogen-bond donors (Lipinski definition) is 3. The molecule has 1 heterocycles. The SMILES string of the molecule is CCNC(=NCc1ccc(C(=O)NCC(N)=O)cc1)N1CCC(C(=O)OCC)CC1. The van der Waals surface area contributed by atoms with E-state index >= 15 is 0 Å². The molecule has 0 radical (unpaired) electrons. The number of hydrogen-bond acceptors (Lipinski definition) is 5. The number of benzene rings is 1. The topological polar surface area (TPSA) is 126 Å². The van der Waals surface area contributed by atoms with E-state index in [4.69, 9.17) is 15.5 Å². The van der Waals surface area contributed by atoms with Gasteiger partial charge in [0.2, 0.25) is 5.91 Å². The fourth-order valence-electron chi connectivity index (χ4n) is 3.21. The van der Waals surface area contributed by atoms with Crippen molar-refractivity contribution in [3.05, 3.63) is 35.4 Å². The highest BCUT2D eigenvalue weighted by Gasteiger charge is 2.27. The molecular weight excluding hydrogens is 386 g/mol. The lowest BCUT2D eigenvalue weighted by atomic mass is 9.97. The highest BCUT2D eigenvalue weighted by molar-refractivity contribution is 5.96. The molecule has 0 saturated carbocycles. The summed E-state index contributed by atoms with van der Waals surface area (Å²) in [5.74, 6) is -0.280. The molecule has 2 rings (SSSR count). The van der Waals surface area contributed by atoms with E-state index in [-0.39, 0.29) is 24.3 Å². The standard InChI is InChI=1S/C21H31N5O4/c1-3-23-21(26-11-9-17(10-12-26)20(29)30-4-2)25-13-15-5-7-16(8-6-15)19(28)24-14-18(22)27/h5-8,17H,3-4,9-14H2,1-2H3,(H2,22,27)(H,23,25)(H,24,28). The number of likely N-dealkylation sites (tertiary alicyclic amines) is 1. The number of aliphatic imine (C=N–C) groups is 1. The fourth-order valence-corrected chi connectivity index (χ4v) is 3.21. The summed E-state index contributed by atoms with van der Waals surface area (Å²) in [5.41, 5.74) is 6.44. The van der Waals surface area contributed by atoms with Crippen LogP contribution in [-0.4, -0.2) is 61.4 Å². The second kappa shape index (κ2) is 11.8. The van der Waals surface area contributed by atoms with Crippen LogP contribution in [0.5, 0.6) is 0 Å². The van der Waals surface area contributed by atoms with Crippen molar-refractivity contribution in [3.63, 3.8) is 0 Å². The van der Waals surface area contributed by atoms with Crippen LogP contribution in [0.2, 0.25) is 0 Å². The van der Waals surface area contributed by atoms with Crippen LogP contribution in [0.3, 0.4) is 0 Å². The van der Waals surface area contributed by atoms with Gasteiger partial charge in [-0.3, -0.25) is 14.4 Å². The Morgan fingerprint density at radius 2 is 1.80 bits per heavy atom. The van der Waals surface area contributed by atoms with Gasteiger partial charge in [0.05, 0.1) is 25.6 Å². The van der Waals surface area contributed by atoms with E-state index in [2.05, 4.69) is 15.5 Å². The quantitative estimate of drug-likeness (QED) is 0.324. The van der Waals surface area contributed by atoms with Crippen molar-refractivity contribution < 1.29 is 19.1 Å². The third kappa shape index (κ3) is 7.06. The Hall–Kier alpha value is -3.10. The fraction of sp³-hybridized carbons (Fsp3) is 0.524. The van der Waals surface area contributed by atoms with Gasteiger partial charge in [-0.15, -0.1) is 0 Å². The minimum atomic E-state index is -0.587. The normalized spacial score (nSPS) is 14.9. The molecule has 9 nitrogen and oxygen atoms in total. The van der Waals surface area contributed by atoms with E-state index in [0.717, 1.165) is 44.0 Å². The first kappa shape index (κ1) is 23.2. The first-order chi connectivity index (χ1) is 14.4. The van der Waals surface area contributed by atoms with Gasteiger partial charge >= 0.3 is 5.97 Å². The van der Waals surface area contributed by atoms with E-state index in [1.165, 1.54) is 0 Å². The molecule has 30 heavy (non-hydrogen) atoms. The molecular formula is C21H31N5O4. The number of nitrogens with two attached hydrogens (primary N) is 1. The van der Waals surface area contributed by atoms with Crippen LogP contribution in [0.15, 0.2) is 29.3 Å². The van der Waals surface area contributed by atoms with Crippen LogP contribution in [0.25, 0.3) is 0 Å². The van der Waals surface area contributed by atoms with Crippen molar-refractivity contribution in [2.75, 3.05) is 32.8 Å². The van der Waals surface area contributed by atoms with Crippen molar-refractivity contribution in [2.45, 2.75) is 33.2 Å². The minimum Gasteiger partial charge on any atom is -0.466 e. The minimum absolute atomic E-state index is 0.0441. The van der Waals surface area contributed by atoms with Crippen molar-refractivity contribution in [2.24, 2.45) is 16.6 Å². The molecule has 1 saturated heterocycles. The van der Waals surface area contributed by atoms with E-state index in [1.807, 2.05) is 26.0 Å². The number of nitrogens with zero attached hydrogens (tertiary/aromatic N) is 2. The van der Waals surface area contributed by atoms with Gasteiger partial charge in [0.25, 0.3) is 5.91 Å². The lowest BCUT2D eigenvalue weighted by Gasteiger charge is -2.33. The molecule has 0 atom stereocenters. The summed E-state index contributed by atoms with van der Waals surface area (Å²) in [7, 11) is 0. The van der Waals surface area contributed by atoms with Gasteiger partial charge in [-0.2, -0.15) is 0 Å². The number of carbonyl (C=O) groups excluding carboxylic acids is 3. The summed E-state index contributed by atoms with van der Waals surface area (Å²) in [6.45, 7) is 6.75. The maximum Gasteiger partial charge on any atom is 0.309 e. The van der Waals surface area contributed by atoms with Crippen molar-refractivity contribution in [1.82, 2.24) is 15.5 Å². The summed E-state index contributed by atoms with van der Waals surface area (Å²) in [5, 5.41) is 5.76. The van der Waals surface area contributed by atoms with Crippen LogP contribution < -0.4 is 16.4 Å². The molecule has 0 unspecified atom stereocenters. The van der Waals surface area contributed by atoms with Crippen LogP contribution in [-0.2, 0) is 20.9 Å². The van der Waals surface area contributed by atoms with Gasteiger partial charge in [0, 0.05) is 25.2 Å². The van der Waals surface area contributed by atoms with Crippen molar-refractivity contribution in [1.29, 1.82) is 0 Å². The number of ether oxygens (including phenoxy) is 1. The van der Waals surface area contributed by atoms with Crippen LogP contribution in [0.4, 0.5) is 0 Å². The predicted octanol–water partition coefficient (Wildman–Crippen LogP) is 0.642. The Bertz CT molecular complexity index is 755. The second-order valence-corrected chi connectivity index (χ2v) is 7.03. The molecule has 1 aromatic carbocycles. The third-order valence-corrected chi connectivity index (χ3v) is 4.80. The number of amides is 2. The molecule has 1 fully saturated rings. The highest BCUT2D eigenvalue weighted by atomic mass is 16.5. The molecule has 2 amide bonds. The molecule has 0 aromatic heterocycles. The van der Waals surface area contributed by atoms with Gasteiger partial charge in [0.1, 0.15) is 0 Å². The maximum atomic E-state index is 11.9. The zero-order valence-corrected chi connectivity index (χ0v) is 17.6. The van der Waals surface area contributed by atoms with Gasteiger partial charge < -0.3 is 26.0 Å². The maximum absolute atomic E-state index is 11.9. The van der Waals surface area contributed by atoms with Crippen LogP contribution in [0.1, 0.15) is 42.6 Å².